The van der Waals surface area contributed by atoms with Gasteiger partial charge in [-0.25, -0.2) is 13.2 Å². The van der Waals surface area contributed by atoms with E-state index >= 15 is 0 Å². The van der Waals surface area contributed by atoms with Gasteiger partial charge >= 0.3 is 0 Å². The number of benzene rings is 1. The summed E-state index contributed by atoms with van der Waals surface area (Å²) in [6.45, 7) is 1.46. The number of methoxy groups -OCH3 is 1. The van der Waals surface area contributed by atoms with Crippen LogP contribution in [0.15, 0.2) is 12.1 Å². The third-order valence-corrected chi connectivity index (χ3v) is 3.75. The van der Waals surface area contributed by atoms with E-state index in [4.69, 9.17) is 4.74 Å². The van der Waals surface area contributed by atoms with E-state index < -0.39 is 28.8 Å². The molecule has 0 saturated carbocycles. The highest BCUT2D eigenvalue weighted by Gasteiger charge is 2.40. The summed E-state index contributed by atoms with van der Waals surface area (Å²) < 4.78 is 44.8. The van der Waals surface area contributed by atoms with Crippen LogP contribution in [-0.4, -0.2) is 32.7 Å². The molecule has 1 aromatic rings. The van der Waals surface area contributed by atoms with Gasteiger partial charge in [-0.15, -0.1) is 0 Å². The topological polar surface area (TPSA) is 50.4 Å². The van der Waals surface area contributed by atoms with Gasteiger partial charge in [0.15, 0.2) is 17.5 Å². The largest absolute Gasteiger partial charge is 0.384 e. The smallest absolute Gasteiger partial charge is 0.233 e. The number of hydrogen-bond acceptors (Lipinski definition) is 3. The SMILES string of the molecule is COCC1(C(=O)Nc2ccc(F)c(F)c2F)CCNCC1. The zero-order chi connectivity index (χ0) is 15.5. The Bertz CT molecular complexity index is 526. The summed E-state index contributed by atoms with van der Waals surface area (Å²) in [4.78, 5) is 12.4. The molecule has 2 rings (SSSR count). The highest BCUT2D eigenvalue weighted by atomic mass is 19.2. The molecule has 0 spiro atoms. The highest BCUT2D eigenvalue weighted by Crippen LogP contribution is 2.31. The van der Waals surface area contributed by atoms with Gasteiger partial charge in [-0.1, -0.05) is 0 Å². The minimum Gasteiger partial charge on any atom is -0.384 e. The fraction of sp³-hybridized carbons (Fsp3) is 0.500. The van der Waals surface area contributed by atoms with Gasteiger partial charge in [-0.2, -0.15) is 0 Å². The summed E-state index contributed by atoms with van der Waals surface area (Å²) in [5.41, 5.74) is -1.16. The van der Waals surface area contributed by atoms with Gasteiger partial charge < -0.3 is 15.4 Å². The highest BCUT2D eigenvalue weighted by molar-refractivity contribution is 5.95. The quantitative estimate of drug-likeness (QED) is 0.837. The second-order valence-electron chi connectivity index (χ2n) is 5.14. The van der Waals surface area contributed by atoms with Crippen LogP contribution in [0.1, 0.15) is 12.8 Å². The molecule has 0 radical (unpaired) electrons. The van der Waals surface area contributed by atoms with E-state index in [1.807, 2.05) is 0 Å². The zero-order valence-electron chi connectivity index (χ0n) is 11.6. The predicted molar refractivity (Wildman–Crippen MR) is 71.4 cm³/mol. The van der Waals surface area contributed by atoms with Crippen LogP contribution < -0.4 is 10.6 Å². The predicted octanol–water partition coefficient (Wildman–Crippen LogP) is 2.06. The van der Waals surface area contributed by atoms with Crippen LogP contribution in [0.5, 0.6) is 0 Å². The van der Waals surface area contributed by atoms with Crippen molar-refractivity contribution >= 4 is 11.6 Å². The van der Waals surface area contributed by atoms with Gasteiger partial charge in [0.1, 0.15) is 0 Å². The molecule has 1 aromatic carbocycles. The van der Waals surface area contributed by atoms with E-state index in [0.29, 0.717) is 25.9 Å². The molecule has 1 heterocycles. The van der Waals surface area contributed by atoms with E-state index in [1.54, 1.807) is 0 Å². The molecule has 0 aromatic heterocycles. The van der Waals surface area contributed by atoms with Crippen molar-refractivity contribution in [2.45, 2.75) is 12.8 Å². The summed E-state index contributed by atoms with van der Waals surface area (Å²) in [5, 5.41) is 5.47. The van der Waals surface area contributed by atoms with E-state index in [2.05, 4.69) is 10.6 Å². The molecule has 1 aliphatic rings. The van der Waals surface area contributed by atoms with Gasteiger partial charge in [-0.05, 0) is 38.1 Å². The van der Waals surface area contributed by atoms with Crippen LogP contribution in [0.2, 0.25) is 0 Å². The molecule has 0 atom stereocenters. The van der Waals surface area contributed by atoms with Gasteiger partial charge in [0, 0.05) is 7.11 Å². The first-order valence-electron chi connectivity index (χ1n) is 6.65. The molecule has 0 bridgehead atoms. The number of nitrogens with one attached hydrogen (secondary N) is 2. The maximum atomic E-state index is 13.6. The summed E-state index contributed by atoms with van der Waals surface area (Å²) >= 11 is 0. The Morgan fingerprint density at radius 3 is 2.57 bits per heavy atom. The number of anilines is 1. The van der Waals surface area contributed by atoms with Crippen molar-refractivity contribution in [2.75, 3.05) is 32.1 Å². The first-order valence-corrected chi connectivity index (χ1v) is 6.65. The van der Waals surface area contributed by atoms with E-state index in [1.165, 1.54) is 7.11 Å². The number of carbonyl (C=O) groups excluding carboxylic acids is 1. The second-order valence-corrected chi connectivity index (χ2v) is 5.14. The normalized spacial score (nSPS) is 17.5. The van der Waals surface area contributed by atoms with Crippen LogP contribution in [0.25, 0.3) is 0 Å². The Morgan fingerprint density at radius 1 is 1.29 bits per heavy atom. The molecule has 4 nitrogen and oxygen atoms in total. The van der Waals surface area contributed by atoms with Gasteiger partial charge in [0.25, 0.3) is 0 Å². The number of piperidine rings is 1. The van der Waals surface area contributed by atoms with E-state index in [9.17, 15) is 18.0 Å². The lowest BCUT2D eigenvalue weighted by Gasteiger charge is -2.35. The third kappa shape index (κ3) is 3.19. The molecule has 1 fully saturated rings. The molecule has 1 aliphatic heterocycles. The van der Waals surface area contributed by atoms with Gasteiger partial charge in [0.2, 0.25) is 5.91 Å². The second kappa shape index (κ2) is 6.44. The molecule has 1 saturated heterocycles. The van der Waals surface area contributed by atoms with Crippen molar-refractivity contribution in [1.29, 1.82) is 0 Å². The maximum absolute atomic E-state index is 13.6. The molecule has 0 aliphatic carbocycles. The number of rotatable bonds is 4. The Morgan fingerprint density at radius 2 is 1.95 bits per heavy atom. The lowest BCUT2D eigenvalue weighted by Crippen LogP contribution is -2.47. The summed E-state index contributed by atoms with van der Waals surface area (Å²) in [6.07, 6.45) is 1.05. The molecule has 0 unspecified atom stereocenters. The van der Waals surface area contributed by atoms with Crippen LogP contribution >= 0.6 is 0 Å². The summed E-state index contributed by atoms with van der Waals surface area (Å²) in [6, 6.07) is 1.78. The van der Waals surface area contributed by atoms with Crippen molar-refractivity contribution in [3.8, 4) is 0 Å². The summed E-state index contributed by atoms with van der Waals surface area (Å²) in [7, 11) is 1.48. The lowest BCUT2D eigenvalue weighted by molar-refractivity contribution is -0.130. The summed E-state index contributed by atoms with van der Waals surface area (Å²) in [5.74, 6) is -4.74. The molecule has 2 N–H and O–H groups in total. The van der Waals surface area contributed by atoms with Gasteiger partial charge in [-0.3, -0.25) is 4.79 Å². The molecular formula is C14H17F3N2O2. The van der Waals surface area contributed by atoms with Crippen molar-refractivity contribution in [3.63, 3.8) is 0 Å². The number of halogens is 3. The van der Waals surface area contributed by atoms with Crippen LogP contribution in [-0.2, 0) is 9.53 Å². The Hall–Kier alpha value is -1.60. The third-order valence-electron chi connectivity index (χ3n) is 3.75. The minimum absolute atomic E-state index is 0.186. The molecule has 1 amide bonds. The Labute approximate surface area is 120 Å². The van der Waals surface area contributed by atoms with E-state index in [0.717, 1.165) is 12.1 Å². The number of hydrogen-bond donors (Lipinski definition) is 2. The van der Waals surface area contributed by atoms with Crippen LogP contribution in [0, 0.1) is 22.9 Å². The first-order chi connectivity index (χ1) is 10.00. The number of ether oxygens (including phenoxy) is 1. The van der Waals surface area contributed by atoms with Crippen molar-refractivity contribution in [3.05, 3.63) is 29.6 Å². The molecule has 7 heteroatoms. The van der Waals surface area contributed by atoms with Crippen molar-refractivity contribution in [2.24, 2.45) is 5.41 Å². The zero-order valence-corrected chi connectivity index (χ0v) is 11.6. The fourth-order valence-corrected chi connectivity index (χ4v) is 2.50. The van der Waals surface area contributed by atoms with Crippen LogP contribution in [0.4, 0.5) is 18.9 Å². The maximum Gasteiger partial charge on any atom is 0.233 e. The van der Waals surface area contributed by atoms with Gasteiger partial charge in [0.05, 0.1) is 17.7 Å². The minimum atomic E-state index is -1.60. The van der Waals surface area contributed by atoms with Crippen molar-refractivity contribution < 1.29 is 22.7 Å². The molecular weight excluding hydrogens is 285 g/mol. The average molecular weight is 302 g/mol. The molecule has 116 valence electrons. The van der Waals surface area contributed by atoms with Crippen molar-refractivity contribution in [1.82, 2.24) is 5.32 Å². The number of amides is 1. The van der Waals surface area contributed by atoms with Crippen LogP contribution in [0.3, 0.4) is 0 Å². The monoisotopic (exact) mass is 302 g/mol. The van der Waals surface area contributed by atoms with E-state index in [-0.39, 0.29) is 12.3 Å². The number of carbonyl (C=O) groups is 1. The molecule has 21 heavy (non-hydrogen) atoms. The lowest BCUT2D eigenvalue weighted by atomic mass is 9.78. The Balaban J connectivity index is 2.21. The first kappa shape index (κ1) is 15.8. The Kier molecular flexibility index (Phi) is 4.84. The fourth-order valence-electron chi connectivity index (χ4n) is 2.50. The standard InChI is InChI=1S/C14H17F3N2O2/c1-21-8-14(4-6-18-7-5-14)13(20)19-10-3-2-9(15)11(16)12(10)17/h2-3,18H,4-8H2,1H3,(H,19,20). The average Bonchev–Trinajstić information content (AvgIpc) is 2.49.